The van der Waals surface area contributed by atoms with Crippen molar-refractivity contribution in [1.82, 2.24) is 20.2 Å². The van der Waals surface area contributed by atoms with Crippen molar-refractivity contribution in [3.8, 4) is 11.1 Å². The van der Waals surface area contributed by atoms with Gasteiger partial charge >= 0.3 is 0 Å². The van der Waals surface area contributed by atoms with Gasteiger partial charge < -0.3 is 0 Å². The lowest BCUT2D eigenvalue weighted by atomic mass is 10.0. The number of carbonyl (C=O) groups excluding carboxylic acids is 1. The highest BCUT2D eigenvalue weighted by Crippen LogP contribution is 2.28. The summed E-state index contributed by atoms with van der Waals surface area (Å²) in [5, 5.41) is 6.88. The van der Waals surface area contributed by atoms with Gasteiger partial charge in [-0.25, -0.2) is 22.2 Å². The molecule has 8 nitrogen and oxygen atoms in total. The maximum Gasteiger partial charge on any atom is 0.232 e. The minimum atomic E-state index is -3.96. The number of aromatic amines is 1. The number of hydrogen-bond acceptors (Lipinski definition) is 6. The van der Waals surface area contributed by atoms with Gasteiger partial charge in [0.25, 0.3) is 0 Å². The van der Waals surface area contributed by atoms with Crippen LogP contribution in [-0.2, 0) is 10.0 Å². The van der Waals surface area contributed by atoms with E-state index in [2.05, 4.69) is 20.2 Å². The molecule has 2 N–H and O–H groups in total. The predicted molar refractivity (Wildman–Crippen MR) is 110 cm³/mol. The number of aromatic nitrogens is 4. The maximum atomic E-state index is 14.9. The fourth-order valence-electron chi connectivity index (χ4n) is 2.96. The third kappa shape index (κ3) is 3.87. The summed E-state index contributed by atoms with van der Waals surface area (Å²) >= 11 is 0. The van der Waals surface area contributed by atoms with Gasteiger partial charge in [0, 0.05) is 24.2 Å². The van der Waals surface area contributed by atoms with Gasteiger partial charge in [0.15, 0.2) is 11.5 Å². The Labute approximate surface area is 175 Å². The van der Waals surface area contributed by atoms with Crippen LogP contribution in [0, 0.1) is 11.6 Å². The lowest BCUT2D eigenvalue weighted by Crippen LogP contribution is -2.18. The molecule has 0 aliphatic rings. The molecule has 1 aromatic carbocycles. The minimum absolute atomic E-state index is 0.131. The van der Waals surface area contributed by atoms with Gasteiger partial charge in [-0.3, -0.25) is 19.6 Å². The van der Waals surface area contributed by atoms with E-state index >= 15 is 0 Å². The third-order valence-corrected chi connectivity index (χ3v) is 5.89. The lowest BCUT2D eigenvalue weighted by Gasteiger charge is -2.11. The van der Waals surface area contributed by atoms with Crippen molar-refractivity contribution in [2.45, 2.75) is 6.92 Å². The molecule has 0 fully saturated rings. The fraction of sp³-hybridized carbons (Fsp3) is 0.100. The molecule has 0 aliphatic heterocycles. The summed E-state index contributed by atoms with van der Waals surface area (Å²) < 4.78 is 54.4. The molecular weight excluding hydrogens is 428 g/mol. The van der Waals surface area contributed by atoms with E-state index in [9.17, 15) is 22.0 Å². The van der Waals surface area contributed by atoms with E-state index in [-0.39, 0.29) is 5.69 Å². The van der Waals surface area contributed by atoms with Gasteiger partial charge in [-0.15, -0.1) is 0 Å². The van der Waals surface area contributed by atoms with E-state index < -0.39 is 44.4 Å². The number of hydrogen-bond donors (Lipinski definition) is 2. The second-order valence-corrected chi connectivity index (χ2v) is 8.56. The van der Waals surface area contributed by atoms with Crippen molar-refractivity contribution in [1.29, 1.82) is 0 Å². The van der Waals surface area contributed by atoms with Crippen molar-refractivity contribution in [2.24, 2.45) is 0 Å². The molecule has 0 aliphatic carbocycles. The Morgan fingerprint density at radius 3 is 2.58 bits per heavy atom. The molecule has 0 unspecified atom stereocenters. The van der Waals surface area contributed by atoms with Gasteiger partial charge in [-0.05, 0) is 42.8 Å². The molecular formula is C20H15F2N5O3S. The average molecular weight is 443 g/mol. The van der Waals surface area contributed by atoms with E-state index in [0.29, 0.717) is 16.6 Å². The highest BCUT2D eigenvalue weighted by molar-refractivity contribution is 7.92. The van der Waals surface area contributed by atoms with Gasteiger partial charge in [-0.2, -0.15) is 5.10 Å². The molecule has 158 valence electrons. The zero-order valence-corrected chi connectivity index (χ0v) is 16.9. The normalized spacial score (nSPS) is 11.6. The van der Waals surface area contributed by atoms with E-state index in [1.54, 1.807) is 36.8 Å². The number of nitrogens with zero attached hydrogens (tertiary/aromatic N) is 3. The largest absolute Gasteiger partial charge is 0.287 e. The van der Waals surface area contributed by atoms with Crippen LogP contribution in [0.25, 0.3) is 22.2 Å². The molecule has 3 aromatic heterocycles. The minimum Gasteiger partial charge on any atom is -0.287 e. The zero-order valence-electron chi connectivity index (χ0n) is 16.1. The highest BCUT2D eigenvalue weighted by Gasteiger charge is 2.25. The van der Waals surface area contributed by atoms with E-state index in [1.807, 2.05) is 4.72 Å². The molecule has 0 saturated heterocycles. The first kappa shape index (κ1) is 20.5. The summed E-state index contributed by atoms with van der Waals surface area (Å²) in [7, 11) is -3.96. The number of carbonyl (C=O) groups is 1. The van der Waals surface area contributed by atoms with Crippen molar-refractivity contribution >= 4 is 32.5 Å². The monoisotopic (exact) mass is 443 g/mol. The second kappa shape index (κ2) is 7.84. The molecule has 3 heterocycles. The van der Waals surface area contributed by atoms with Crippen LogP contribution >= 0.6 is 0 Å². The van der Waals surface area contributed by atoms with Crippen LogP contribution in [0.4, 0.5) is 14.5 Å². The van der Waals surface area contributed by atoms with Crippen LogP contribution < -0.4 is 4.72 Å². The number of nitrogens with one attached hydrogen (secondary N) is 2. The van der Waals surface area contributed by atoms with Crippen molar-refractivity contribution in [3.63, 3.8) is 0 Å². The van der Waals surface area contributed by atoms with Crippen LogP contribution in [0.1, 0.15) is 23.0 Å². The van der Waals surface area contributed by atoms with Gasteiger partial charge in [0.1, 0.15) is 17.2 Å². The van der Waals surface area contributed by atoms with Gasteiger partial charge in [0.05, 0.1) is 16.7 Å². The Hall–Kier alpha value is -3.73. The number of ketones is 1. The first-order valence-corrected chi connectivity index (χ1v) is 10.7. The van der Waals surface area contributed by atoms with E-state index in [0.717, 1.165) is 17.7 Å². The van der Waals surface area contributed by atoms with Crippen LogP contribution in [0.5, 0.6) is 0 Å². The molecule has 11 heteroatoms. The smallest absolute Gasteiger partial charge is 0.232 e. The summed E-state index contributed by atoms with van der Waals surface area (Å²) in [6.07, 6.45) is 4.79. The number of benzene rings is 1. The number of halogens is 2. The van der Waals surface area contributed by atoms with Crippen LogP contribution in [0.15, 0.2) is 48.9 Å². The Morgan fingerprint density at radius 2 is 1.87 bits per heavy atom. The fourth-order valence-corrected chi connectivity index (χ4v) is 3.60. The van der Waals surface area contributed by atoms with Crippen LogP contribution in [0.2, 0.25) is 0 Å². The predicted octanol–water partition coefficient (Wildman–Crippen LogP) is 3.29. The summed E-state index contributed by atoms with van der Waals surface area (Å²) in [5.41, 5.74) is 0.208. The molecule has 0 spiro atoms. The quantitative estimate of drug-likeness (QED) is 0.442. The Morgan fingerprint density at radius 1 is 1.13 bits per heavy atom. The summed E-state index contributed by atoms with van der Waals surface area (Å²) in [5.74, 6) is -3.71. The molecule has 0 bridgehead atoms. The SMILES string of the molecule is CCS(=O)(=O)Nc1c(F)ccc(C(=O)c2n[nH]c3ncc(-c4ccncc4)cc23)c1F. The Kier molecular flexibility index (Phi) is 5.19. The molecule has 31 heavy (non-hydrogen) atoms. The lowest BCUT2D eigenvalue weighted by molar-refractivity contribution is 0.103. The highest BCUT2D eigenvalue weighted by atomic mass is 32.2. The Balaban J connectivity index is 1.80. The number of sulfonamides is 1. The maximum absolute atomic E-state index is 14.9. The van der Waals surface area contributed by atoms with Crippen molar-refractivity contribution < 1.29 is 22.0 Å². The summed E-state index contributed by atoms with van der Waals surface area (Å²) in [4.78, 5) is 21.2. The molecule has 0 atom stereocenters. The third-order valence-electron chi connectivity index (χ3n) is 4.62. The summed E-state index contributed by atoms with van der Waals surface area (Å²) in [6, 6.07) is 6.94. The number of pyridine rings is 2. The first-order chi connectivity index (χ1) is 14.8. The zero-order chi connectivity index (χ0) is 22.2. The van der Waals surface area contributed by atoms with Crippen molar-refractivity contribution in [2.75, 3.05) is 10.5 Å². The topological polar surface area (TPSA) is 118 Å². The number of H-pyrrole nitrogens is 1. The molecule has 0 amide bonds. The number of anilines is 1. The average Bonchev–Trinajstić information content (AvgIpc) is 3.20. The van der Waals surface area contributed by atoms with Crippen molar-refractivity contribution in [3.05, 3.63) is 71.8 Å². The van der Waals surface area contributed by atoms with Crippen LogP contribution in [-0.4, -0.2) is 40.1 Å². The van der Waals surface area contributed by atoms with E-state index in [4.69, 9.17) is 0 Å². The summed E-state index contributed by atoms with van der Waals surface area (Å²) in [6.45, 7) is 1.32. The molecule has 4 aromatic rings. The Bertz CT molecular complexity index is 1410. The first-order valence-electron chi connectivity index (χ1n) is 9.08. The second-order valence-electron chi connectivity index (χ2n) is 6.55. The standard InChI is InChI=1S/C20H15F2N5O3S/c1-2-31(29,30)27-18-15(21)4-3-13(16(18)22)19(28)17-14-9-12(10-24-20(14)26-25-17)11-5-7-23-8-6-11/h3-10,27H,2H2,1H3,(H,24,25,26). The number of rotatable bonds is 6. The van der Waals surface area contributed by atoms with E-state index in [1.165, 1.54) is 6.92 Å². The molecule has 0 saturated carbocycles. The molecule has 4 rings (SSSR count). The van der Waals surface area contributed by atoms with Gasteiger partial charge in [0.2, 0.25) is 15.8 Å². The number of fused-ring (bicyclic) bond motifs is 1. The van der Waals surface area contributed by atoms with Gasteiger partial charge in [-0.1, -0.05) is 0 Å². The molecule has 0 radical (unpaired) electrons. The van der Waals surface area contributed by atoms with Crippen LogP contribution in [0.3, 0.4) is 0 Å².